The fourth-order valence-corrected chi connectivity index (χ4v) is 9.83. The third-order valence-corrected chi connectivity index (χ3v) is 12.3. The van der Waals surface area contributed by atoms with Crippen molar-refractivity contribution >= 4 is 6.09 Å². The van der Waals surface area contributed by atoms with Gasteiger partial charge in [-0.1, -0.05) is 13.8 Å². The first kappa shape index (κ1) is 27.3. The Kier molecular flexibility index (Phi) is 6.71. The molecule has 5 fully saturated rings. The van der Waals surface area contributed by atoms with Crippen LogP contribution in [0.5, 0.6) is 0 Å². The molecular weight excluding hydrogens is 496 g/mol. The van der Waals surface area contributed by atoms with E-state index in [1.165, 1.54) is 6.07 Å². The Bertz CT molecular complexity index is 1140. The highest BCUT2D eigenvalue weighted by Crippen LogP contribution is 2.71. The zero-order valence-electron chi connectivity index (χ0n) is 23.9. The van der Waals surface area contributed by atoms with Gasteiger partial charge in [0.05, 0.1) is 17.5 Å². The number of aliphatic hydroxyl groups is 2. The number of carbonyl (C=O) groups excluding carboxylic acids is 1. The number of hydrogen-bond donors (Lipinski definition) is 2. The van der Waals surface area contributed by atoms with Crippen LogP contribution in [0.15, 0.2) is 27.6 Å². The van der Waals surface area contributed by atoms with Gasteiger partial charge in [0.25, 0.3) is 0 Å². The highest BCUT2D eigenvalue weighted by molar-refractivity contribution is 5.68. The fraction of sp³-hybridized carbons (Fsp3) is 0.806. The molecule has 216 valence electrons. The summed E-state index contributed by atoms with van der Waals surface area (Å²) in [7, 11) is 2.08. The molecule has 5 aliphatic rings. The van der Waals surface area contributed by atoms with Crippen LogP contribution in [0.2, 0.25) is 0 Å². The molecule has 39 heavy (non-hydrogen) atoms. The lowest BCUT2D eigenvalue weighted by Crippen LogP contribution is -2.67. The van der Waals surface area contributed by atoms with Crippen LogP contribution in [0, 0.1) is 22.7 Å². The molecule has 2 heterocycles. The highest BCUT2D eigenvalue weighted by Gasteiger charge is 2.70. The minimum Gasteiger partial charge on any atom is -0.446 e. The average molecular weight is 543 g/mol. The minimum atomic E-state index is -0.901. The zero-order valence-corrected chi connectivity index (χ0v) is 23.9. The Balaban J connectivity index is 1.18. The van der Waals surface area contributed by atoms with E-state index >= 15 is 0 Å². The summed E-state index contributed by atoms with van der Waals surface area (Å²) in [4.78, 5) is 28.6. The van der Waals surface area contributed by atoms with Gasteiger partial charge < -0.3 is 29.2 Å². The van der Waals surface area contributed by atoms with E-state index in [-0.39, 0.29) is 46.4 Å². The monoisotopic (exact) mass is 542 g/mol. The normalized spacial score (nSPS) is 44.6. The minimum absolute atomic E-state index is 0.121. The van der Waals surface area contributed by atoms with Crippen LogP contribution in [0.4, 0.5) is 4.79 Å². The summed E-state index contributed by atoms with van der Waals surface area (Å²) in [5.41, 5.74) is -1.68. The van der Waals surface area contributed by atoms with Gasteiger partial charge >= 0.3 is 11.7 Å². The summed E-state index contributed by atoms with van der Waals surface area (Å²) >= 11 is 0. The molecule has 8 heteroatoms. The van der Waals surface area contributed by atoms with E-state index in [0.717, 1.165) is 76.6 Å². The summed E-state index contributed by atoms with van der Waals surface area (Å²) in [6, 6.07) is 3.35. The first-order valence-electron chi connectivity index (χ1n) is 15.2. The maximum atomic E-state index is 13.0. The van der Waals surface area contributed by atoms with Crippen molar-refractivity contribution in [1.29, 1.82) is 0 Å². The molecule has 0 spiro atoms. The molecule has 0 bridgehead atoms. The molecule has 1 saturated heterocycles. The summed E-state index contributed by atoms with van der Waals surface area (Å²) in [5, 5.41) is 24.6. The number of likely N-dealkylation sites (N-methyl/N-ethyl adjacent to an activating group) is 1. The molecule has 1 aliphatic heterocycles. The van der Waals surface area contributed by atoms with Crippen LogP contribution >= 0.6 is 0 Å². The molecule has 8 nitrogen and oxygen atoms in total. The van der Waals surface area contributed by atoms with E-state index in [9.17, 15) is 19.8 Å². The van der Waals surface area contributed by atoms with Crippen molar-refractivity contribution < 1.29 is 24.2 Å². The van der Waals surface area contributed by atoms with Crippen molar-refractivity contribution in [2.45, 2.75) is 101 Å². The van der Waals surface area contributed by atoms with Crippen LogP contribution in [-0.4, -0.2) is 76.6 Å². The number of carbonyl (C=O) groups is 1. The fourth-order valence-electron chi connectivity index (χ4n) is 9.83. The van der Waals surface area contributed by atoms with E-state index < -0.39 is 11.2 Å². The smallest absolute Gasteiger partial charge is 0.410 e. The molecule has 8 atom stereocenters. The molecule has 1 aromatic heterocycles. The SMILES string of the molecule is CN1CCCN(C(=O)OC2CCC3(C)C4CCC5(C)C(c6ccc(=O)oc6)CCC5(O)C4CCC3(O)C2)CC1. The third kappa shape index (κ3) is 4.19. The van der Waals surface area contributed by atoms with Crippen molar-refractivity contribution in [3.05, 3.63) is 34.4 Å². The number of hydrogen-bond acceptors (Lipinski definition) is 7. The Morgan fingerprint density at radius 2 is 1.72 bits per heavy atom. The molecule has 6 rings (SSSR count). The van der Waals surface area contributed by atoms with Crippen molar-refractivity contribution in [3.8, 4) is 0 Å². The number of fused-ring (bicyclic) bond motifs is 5. The standard InChI is InChI=1S/C31H46N2O6/c1-28-11-7-22(39-27(35)33-16-4-15-32(3)17-18-33)19-30(28,36)13-9-25-24(28)8-12-29(2)23(10-14-31(25,29)37)21-5-6-26(34)38-20-21/h5-6,20,22-25,36-37H,4,7-19H2,1-3H3. The van der Waals surface area contributed by atoms with E-state index in [0.29, 0.717) is 19.4 Å². The lowest BCUT2D eigenvalue weighted by atomic mass is 9.42. The van der Waals surface area contributed by atoms with Gasteiger partial charge in [-0.25, -0.2) is 9.59 Å². The highest BCUT2D eigenvalue weighted by atomic mass is 16.6. The van der Waals surface area contributed by atoms with Gasteiger partial charge in [0.2, 0.25) is 0 Å². The summed E-state index contributed by atoms with van der Waals surface area (Å²) in [6.45, 7) is 7.70. The molecule has 2 N–H and O–H groups in total. The van der Waals surface area contributed by atoms with Crippen LogP contribution in [-0.2, 0) is 4.74 Å². The molecule has 1 amide bonds. The lowest BCUT2D eigenvalue weighted by molar-refractivity contribution is -0.253. The summed E-state index contributed by atoms with van der Waals surface area (Å²) in [5.74, 6) is 0.491. The third-order valence-electron chi connectivity index (χ3n) is 12.3. The quantitative estimate of drug-likeness (QED) is 0.579. The second-order valence-electron chi connectivity index (χ2n) is 14.0. The zero-order chi connectivity index (χ0) is 27.6. The van der Waals surface area contributed by atoms with Crippen molar-refractivity contribution in [2.24, 2.45) is 22.7 Å². The van der Waals surface area contributed by atoms with Crippen LogP contribution in [0.25, 0.3) is 0 Å². The Labute approximate surface area is 231 Å². The second kappa shape index (κ2) is 9.59. The maximum Gasteiger partial charge on any atom is 0.410 e. The Morgan fingerprint density at radius 3 is 2.49 bits per heavy atom. The topological polar surface area (TPSA) is 103 Å². The van der Waals surface area contributed by atoms with Gasteiger partial charge in [0.15, 0.2) is 0 Å². The van der Waals surface area contributed by atoms with Gasteiger partial charge in [-0.3, -0.25) is 0 Å². The molecule has 8 unspecified atom stereocenters. The molecule has 1 aromatic rings. The average Bonchev–Trinajstić information content (AvgIpc) is 3.02. The Morgan fingerprint density at radius 1 is 0.949 bits per heavy atom. The largest absolute Gasteiger partial charge is 0.446 e. The first-order chi connectivity index (χ1) is 18.5. The molecule has 0 radical (unpaired) electrons. The molecule has 4 saturated carbocycles. The van der Waals surface area contributed by atoms with Gasteiger partial charge in [-0.15, -0.1) is 0 Å². The van der Waals surface area contributed by atoms with Gasteiger partial charge in [0.1, 0.15) is 6.10 Å². The number of ether oxygens (including phenoxy) is 1. The van der Waals surface area contributed by atoms with Crippen molar-refractivity contribution in [3.63, 3.8) is 0 Å². The summed E-state index contributed by atoms with van der Waals surface area (Å²) < 4.78 is 11.2. The lowest BCUT2D eigenvalue weighted by Gasteiger charge is -2.66. The van der Waals surface area contributed by atoms with Crippen LogP contribution in [0.3, 0.4) is 0 Å². The predicted molar refractivity (Wildman–Crippen MR) is 146 cm³/mol. The van der Waals surface area contributed by atoms with E-state index in [1.54, 1.807) is 6.26 Å². The van der Waals surface area contributed by atoms with Crippen LogP contribution < -0.4 is 5.63 Å². The van der Waals surface area contributed by atoms with Crippen LogP contribution in [0.1, 0.15) is 89.5 Å². The number of nitrogens with zero attached hydrogens (tertiary/aromatic N) is 2. The predicted octanol–water partition coefficient (Wildman–Crippen LogP) is 4.14. The first-order valence-corrected chi connectivity index (χ1v) is 15.2. The number of rotatable bonds is 2. The number of amides is 1. The summed E-state index contributed by atoms with van der Waals surface area (Å²) in [6.07, 6.45) is 8.89. The maximum absolute atomic E-state index is 13.0. The van der Waals surface area contributed by atoms with Gasteiger partial charge in [-0.2, -0.15) is 0 Å². The second-order valence-corrected chi connectivity index (χ2v) is 14.0. The van der Waals surface area contributed by atoms with E-state index in [4.69, 9.17) is 9.15 Å². The van der Waals surface area contributed by atoms with E-state index in [1.807, 2.05) is 11.0 Å². The van der Waals surface area contributed by atoms with Crippen molar-refractivity contribution in [1.82, 2.24) is 9.80 Å². The van der Waals surface area contributed by atoms with Gasteiger partial charge in [0, 0.05) is 37.5 Å². The van der Waals surface area contributed by atoms with Crippen molar-refractivity contribution in [2.75, 3.05) is 33.2 Å². The molecule has 0 aromatic carbocycles. The molecular formula is C31H46N2O6. The van der Waals surface area contributed by atoms with Gasteiger partial charge in [-0.05, 0) is 106 Å². The van der Waals surface area contributed by atoms with E-state index in [2.05, 4.69) is 25.8 Å². The molecule has 4 aliphatic carbocycles. The Hall–Kier alpha value is -1.90.